The van der Waals surface area contributed by atoms with E-state index < -0.39 is 24.1 Å². The number of carbonyl (C=O) groups excluding carboxylic acids is 2. The molecule has 0 bridgehead atoms. The van der Waals surface area contributed by atoms with Gasteiger partial charge in [0.25, 0.3) is 5.91 Å². The van der Waals surface area contributed by atoms with Gasteiger partial charge in [-0.3, -0.25) is 9.59 Å². The van der Waals surface area contributed by atoms with Crippen LogP contribution in [-0.4, -0.2) is 59.9 Å². The van der Waals surface area contributed by atoms with Crippen LogP contribution in [0.5, 0.6) is 0 Å². The highest BCUT2D eigenvalue weighted by atomic mass is 16.5. The van der Waals surface area contributed by atoms with Gasteiger partial charge in [0.05, 0.1) is 18.0 Å². The number of hydrogen-bond donors (Lipinski definition) is 2. The lowest BCUT2D eigenvalue weighted by Crippen LogP contribution is -2.55. The molecule has 8 heteroatoms. The number of piperidine rings is 1. The predicted molar refractivity (Wildman–Crippen MR) is 88.4 cm³/mol. The monoisotopic (exact) mass is 348 g/mol. The summed E-state index contributed by atoms with van der Waals surface area (Å²) in [4.78, 5) is 39.0. The van der Waals surface area contributed by atoms with Crippen LogP contribution in [-0.2, 0) is 19.1 Å². The van der Waals surface area contributed by atoms with Gasteiger partial charge in [0.2, 0.25) is 5.91 Å². The van der Waals surface area contributed by atoms with Crippen molar-refractivity contribution in [3.05, 3.63) is 24.3 Å². The van der Waals surface area contributed by atoms with Crippen molar-refractivity contribution in [1.82, 2.24) is 0 Å². The Morgan fingerprint density at radius 3 is 2.44 bits per heavy atom. The third-order valence-corrected chi connectivity index (χ3v) is 4.45. The van der Waals surface area contributed by atoms with E-state index in [2.05, 4.69) is 0 Å². The van der Waals surface area contributed by atoms with Crippen LogP contribution in [0.4, 0.5) is 11.4 Å². The lowest BCUT2D eigenvalue weighted by molar-refractivity contribution is -0.163. The summed E-state index contributed by atoms with van der Waals surface area (Å²) in [6.45, 7) is 0.902. The molecule has 3 rings (SSSR count). The standard InChI is InChI=1S/C17H20N2O6/c20-13-7-3-4-8-18(13)11-5-1-2-6-12(11)19-9-10-25-15(16(19)22)14(21)17(23)24/h1-2,5-6,14-15,21H,3-4,7-10H2,(H,23,24)/t14-,15-/m1/s1. The van der Waals surface area contributed by atoms with E-state index in [9.17, 15) is 19.5 Å². The maximum atomic E-state index is 12.7. The van der Waals surface area contributed by atoms with Gasteiger partial charge in [-0.1, -0.05) is 12.1 Å². The van der Waals surface area contributed by atoms with Gasteiger partial charge >= 0.3 is 5.97 Å². The van der Waals surface area contributed by atoms with Crippen LogP contribution >= 0.6 is 0 Å². The van der Waals surface area contributed by atoms with Crippen molar-refractivity contribution in [2.24, 2.45) is 0 Å². The minimum atomic E-state index is -1.93. The van der Waals surface area contributed by atoms with E-state index >= 15 is 0 Å². The lowest BCUT2D eigenvalue weighted by Gasteiger charge is -2.36. The van der Waals surface area contributed by atoms with Crippen molar-refractivity contribution >= 4 is 29.2 Å². The van der Waals surface area contributed by atoms with Crippen molar-refractivity contribution < 1.29 is 29.3 Å². The third-order valence-electron chi connectivity index (χ3n) is 4.45. The fraction of sp³-hybridized carbons (Fsp3) is 0.471. The Balaban J connectivity index is 1.92. The fourth-order valence-corrected chi connectivity index (χ4v) is 3.18. The van der Waals surface area contributed by atoms with Crippen molar-refractivity contribution in [3.63, 3.8) is 0 Å². The number of benzene rings is 1. The molecule has 8 nitrogen and oxygen atoms in total. The van der Waals surface area contributed by atoms with Crippen LogP contribution in [0.3, 0.4) is 0 Å². The number of para-hydroxylation sites is 2. The van der Waals surface area contributed by atoms with E-state index in [-0.39, 0.29) is 19.1 Å². The van der Waals surface area contributed by atoms with Crippen molar-refractivity contribution in [1.29, 1.82) is 0 Å². The van der Waals surface area contributed by atoms with Gasteiger partial charge in [-0.05, 0) is 25.0 Å². The quantitative estimate of drug-likeness (QED) is 0.815. The lowest BCUT2D eigenvalue weighted by atomic mass is 10.1. The summed E-state index contributed by atoms with van der Waals surface area (Å²) in [6, 6.07) is 7.02. The predicted octanol–water partition coefficient (Wildman–Crippen LogP) is 0.381. The number of hydrogen-bond acceptors (Lipinski definition) is 5. The number of ether oxygens (including phenoxy) is 1. The topological polar surface area (TPSA) is 107 Å². The number of carbonyl (C=O) groups is 3. The zero-order valence-corrected chi connectivity index (χ0v) is 13.6. The van der Waals surface area contributed by atoms with Gasteiger partial charge in [0, 0.05) is 19.5 Å². The van der Waals surface area contributed by atoms with Crippen LogP contribution in [0.1, 0.15) is 19.3 Å². The molecule has 2 N–H and O–H groups in total. The number of rotatable bonds is 4. The number of carboxylic acid groups (broad SMARTS) is 1. The van der Waals surface area contributed by atoms with Crippen molar-refractivity contribution in [3.8, 4) is 0 Å². The average molecular weight is 348 g/mol. The zero-order chi connectivity index (χ0) is 18.0. The van der Waals surface area contributed by atoms with E-state index in [1.54, 1.807) is 29.2 Å². The average Bonchev–Trinajstić information content (AvgIpc) is 2.62. The second kappa shape index (κ2) is 7.20. The van der Waals surface area contributed by atoms with E-state index in [0.29, 0.717) is 24.3 Å². The van der Waals surface area contributed by atoms with E-state index in [1.165, 1.54) is 4.90 Å². The van der Waals surface area contributed by atoms with Gasteiger partial charge in [0.1, 0.15) is 0 Å². The number of aliphatic hydroxyl groups excluding tert-OH is 1. The Morgan fingerprint density at radius 2 is 1.80 bits per heavy atom. The molecular weight excluding hydrogens is 328 g/mol. The summed E-state index contributed by atoms with van der Waals surface area (Å²) >= 11 is 0. The minimum Gasteiger partial charge on any atom is -0.479 e. The summed E-state index contributed by atoms with van der Waals surface area (Å²) in [5, 5.41) is 18.7. The van der Waals surface area contributed by atoms with Gasteiger partial charge in [-0.2, -0.15) is 0 Å². The minimum absolute atomic E-state index is 0.00142. The first-order chi connectivity index (χ1) is 12.0. The van der Waals surface area contributed by atoms with Crippen LogP contribution in [0.2, 0.25) is 0 Å². The van der Waals surface area contributed by atoms with Crippen LogP contribution < -0.4 is 9.80 Å². The third kappa shape index (κ3) is 3.35. The Morgan fingerprint density at radius 1 is 1.12 bits per heavy atom. The maximum absolute atomic E-state index is 12.7. The molecule has 2 amide bonds. The van der Waals surface area contributed by atoms with Gasteiger partial charge in [0.15, 0.2) is 12.2 Å². The van der Waals surface area contributed by atoms with E-state index in [4.69, 9.17) is 9.84 Å². The molecule has 0 radical (unpaired) electrons. The molecule has 2 aliphatic heterocycles. The first-order valence-electron chi connectivity index (χ1n) is 8.24. The van der Waals surface area contributed by atoms with Gasteiger partial charge < -0.3 is 24.7 Å². The number of morpholine rings is 1. The molecule has 0 spiro atoms. The molecule has 0 aromatic heterocycles. The molecular formula is C17H20N2O6. The second-order valence-electron chi connectivity index (χ2n) is 6.06. The summed E-state index contributed by atoms with van der Waals surface area (Å²) in [5.74, 6) is -2.14. The molecule has 1 aromatic rings. The molecule has 0 unspecified atom stereocenters. The van der Waals surface area contributed by atoms with Crippen molar-refractivity contribution in [2.75, 3.05) is 29.5 Å². The second-order valence-corrected chi connectivity index (χ2v) is 6.06. The van der Waals surface area contributed by atoms with Gasteiger partial charge in [-0.25, -0.2) is 4.79 Å². The molecule has 2 atom stereocenters. The van der Waals surface area contributed by atoms with Gasteiger partial charge in [-0.15, -0.1) is 0 Å². The summed E-state index contributed by atoms with van der Waals surface area (Å²) < 4.78 is 5.17. The first-order valence-corrected chi connectivity index (χ1v) is 8.24. The summed E-state index contributed by atoms with van der Waals surface area (Å²) in [6.07, 6.45) is -1.19. The number of amides is 2. The molecule has 0 aliphatic carbocycles. The Hall–Kier alpha value is -2.45. The van der Waals surface area contributed by atoms with E-state index in [0.717, 1.165) is 12.8 Å². The number of anilines is 2. The molecule has 2 saturated heterocycles. The number of aliphatic hydroxyl groups is 1. The van der Waals surface area contributed by atoms with Crippen LogP contribution in [0.15, 0.2) is 24.3 Å². The van der Waals surface area contributed by atoms with Crippen LogP contribution in [0, 0.1) is 0 Å². The maximum Gasteiger partial charge on any atom is 0.335 e. The fourth-order valence-electron chi connectivity index (χ4n) is 3.18. The highest BCUT2D eigenvalue weighted by Crippen LogP contribution is 2.33. The molecule has 0 saturated carbocycles. The number of aliphatic carboxylic acids is 1. The number of carboxylic acids is 1. The summed E-state index contributed by atoms with van der Waals surface area (Å²) in [7, 11) is 0. The summed E-state index contributed by atoms with van der Waals surface area (Å²) in [5.41, 5.74) is 1.14. The molecule has 2 heterocycles. The smallest absolute Gasteiger partial charge is 0.335 e. The molecule has 25 heavy (non-hydrogen) atoms. The number of nitrogens with zero attached hydrogens (tertiary/aromatic N) is 2. The SMILES string of the molecule is O=C(O)[C@H](O)[C@H]1OCCN(c2ccccc2N2CCCCC2=O)C1=O. The largest absolute Gasteiger partial charge is 0.479 e. The zero-order valence-electron chi connectivity index (χ0n) is 13.6. The first kappa shape index (κ1) is 17.4. The highest BCUT2D eigenvalue weighted by molar-refractivity contribution is 6.05. The Bertz CT molecular complexity index is 691. The molecule has 2 aliphatic rings. The molecule has 134 valence electrons. The van der Waals surface area contributed by atoms with E-state index in [1.807, 2.05) is 0 Å². The highest BCUT2D eigenvalue weighted by Gasteiger charge is 2.40. The van der Waals surface area contributed by atoms with Crippen molar-refractivity contribution in [2.45, 2.75) is 31.5 Å². The molecule has 1 aromatic carbocycles. The molecule has 2 fully saturated rings. The normalized spacial score (nSPS) is 22.8. The Labute approximate surface area is 144 Å². The van der Waals surface area contributed by atoms with Crippen LogP contribution in [0.25, 0.3) is 0 Å². The Kier molecular flexibility index (Phi) is 5.00.